The van der Waals surface area contributed by atoms with Gasteiger partial charge in [-0.25, -0.2) is 19.3 Å². The number of aromatic nitrogens is 4. The Bertz CT molecular complexity index is 2450. The molecule has 78 heavy (non-hydrogen) atoms. The molecule has 29 heteroatoms. The standard InChI is InChI=1S/C49H80N7O18P3S/c1-4-5-6-7-8-9-10-11-12-13-14-15-16-17-18-19-20-21-22-23-24-25-26-27-37(57)32-40(59)78-31-30-51-39(58)28-29-52-47(62)44(61)49(2,3)34-71-77(68,69)74-76(66,67)70-33-38-43(73-75(63,64)65)42(60)48(72-38)56-36-55-41-45(50)53-35-54-46(41)56/h8-9,11-12,14-15,17-18,35-36,38,42-44,48,60-61H,4-7,10,13,16,19-34H2,1-3H3,(H,51,58)(H,52,62)(H,66,67)(H,68,69)(H2,50,53,54)(H2,63,64,65)/p-4/b9-8-,12-11-,15-14-,18-17-/t38-,42-,43-,44+,48-/m1/s1. The van der Waals surface area contributed by atoms with E-state index in [-0.39, 0.29) is 59.6 Å². The Morgan fingerprint density at radius 2 is 1.41 bits per heavy atom. The minimum absolute atomic E-state index is 0.0270. The average molecular weight is 1180 g/mol. The number of hydrogen-bond donors (Lipinski definition) is 5. The molecule has 1 saturated heterocycles. The van der Waals surface area contributed by atoms with Crippen molar-refractivity contribution in [1.82, 2.24) is 30.2 Å². The number of Topliss-reactive ketones (excluding diaryl/α,β-unsaturated/α-hetero) is 1. The van der Waals surface area contributed by atoms with Gasteiger partial charge in [0.15, 0.2) is 22.8 Å². The van der Waals surface area contributed by atoms with Crippen LogP contribution >= 0.6 is 35.2 Å². The Hall–Kier alpha value is -3.81. The van der Waals surface area contributed by atoms with Crippen LogP contribution in [-0.2, 0) is 55.5 Å². The summed E-state index contributed by atoms with van der Waals surface area (Å²) in [5.74, 6) is -1.54. The number of thioether (sulfide) groups is 1. The Kier molecular flexibility index (Phi) is 31.4. The second kappa shape index (κ2) is 35.8. The number of nitrogens with one attached hydrogen (secondary N) is 2. The number of nitrogen functional groups attached to an aromatic ring is 1. The van der Waals surface area contributed by atoms with Gasteiger partial charge >= 0.3 is 0 Å². The smallest absolute Gasteiger partial charge is 0.274 e. The maximum atomic E-state index is 12.7. The first-order valence-electron chi connectivity index (χ1n) is 26.0. The summed E-state index contributed by atoms with van der Waals surface area (Å²) in [6.45, 7) is 2.14. The second-order valence-corrected chi connectivity index (χ2v) is 24.2. The number of carbonyl (C=O) groups is 4. The van der Waals surface area contributed by atoms with Crippen molar-refractivity contribution in [3.05, 3.63) is 61.3 Å². The van der Waals surface area contributed by atoms with E-state index in [9.17, 15) is 62.7 Å². The van der Waals surface area contributed by atoms with E-state index >= 15 is 0 Å². The molecule has 1 fully saturated rings. The van der Waals surface area contributed by atoms with Crippen LogP contribution < -0.4 is 35.9 Å². The van der Waals surface area contributed by atoms with Crippen molar-refractivity contribution in [3.63, 3.8) is 0 Å². The fraction of sp³-hybridized carbons (Fsp3) is 0.653. The first-order valence-corrected chi connectivity index (χ1v) is 31.4. The summed E-state index contributed by atoms with van der Waals surface area (Å²) >= 11 is 0.922. The highest BCUT2D eigenvalue weighted by atomic mass is 32.2. The molecule has 3 rings (SSSR count). The van der Waals surface area contributed by atoms with Crippen molar-refractivity contribution in [3.8, 4) is 0 Å². The van der Waals surface area contributed by atoms with Gasteiger partial charge in [-0.05, 0) is 51.4 Å². The van der Waals surface area contributed by atoms with Crippen LogP contribution in [-0.4, -0.2) is 109 Å². The van der Waals surface area contributed by atoms with Crippen LogP contribution in [0.15, 0.2) is 61.3 Å². The number of phosphoric ester groups is 3. The number of nitrogens with two attached hydrogens (primary N) is 1. The number of amides is 2. The number of anilines is 1. The molecule has 0 aliphatic carbocycles. The van der Waals surface area contributed by atoms with Crippen LogP contribution in [0.2, 0.25) is 0 Å². The number of imidazole rings is 1. The SMILES string of the molecule is CCCCC/C=C\C/C=C\C/C=C\C/C=C\CCCCCCCCCC(=O)CC(=O)SCCNC(=O)CCNC(=O)[C@H](O)C(C)(C)COP(=O)([O-])OP(=O)([O-])OC[C@H]1O[C@@H](n2cnc3c(N)ncnc32)[C@H](O)[C@@H]1OP(=O)([O-])[O-]. The Balaban J connectivity index is 1.22. The van der Waals surface area contributed by atoms with Crippen molar-refractivity contribution in [2.45, 2.75) is 167 Å². The Morgan fingerprint density at radius 3 is 2.04 bits per heavy atom. The molecule has 0 radical (unpaired) electrons. The summed E-state index contributed by atoms with van der Waals surface area (Å²) in [5.41, 5.74) is 4.05. The normalized spacial score (nSPS) is 19.3. The van der Waals surface area contributed by atoms with Gasteiger partial charge < -0.3 is 69.0 Å². The van der Waals surface area contributed by atoms with E-state index < -0.39 is 84.6 Å². The monoisotopic (exact) mass is 1180 g/mol. The highest BCUT2D eigenvalue weighted by Crippen LogP contribution is 2.56. The van der Waals surface area contributed by atoms with Gasteiger partial charge in [-0.1, -0.05) is 126 Å². The van der Waals surface area contributed by atoms with Crippen molar-refractivity contribution >= 4 is 74.9 Å². The van der Waals surface area contributed by atoms with Gasteiger partial charge in [-0.15, -0.1) is 0 Å². The molecule has 440 valence electrons. The van der Waals surface area contributed by atoms with E-state index in [1.54, 1.807) is 0 Å². The van der Waals surface area contributed by atoms with Crippen molar-refractivity contribution in [2.24, 2.45) is 5.41 Å². The number of fused-ring (bicyclic) bond motifs is 1. The van der Waals surface area contributed by atoms with Gasteiger partial charge in [0.05, 0.1) is 33.8 Å². The van der Waals surface area contributed by atoms with Crippen LogP contribution in [0.5, 0.6) is 0 Å². The van der Waals surface area contributed by atoms with E-state index in [0.717, 1.165) is 93.2 Å². The molecule has 1 aliphatic heterocycles. The topological polar surface area (TPSA) is 392 Å². The third-order valence-electron chi connectivity index (χ3n) is 11.9. The largest absolute Gasteiger partial charge is 0.790 e. The number of carbonyl (C=O) groups excluding carboxylic acids is 4. The van der Waals surface area contributed by atoms with E-state index in [1.807, 2.05) is 0 Å². The number of aliphatic hydroxyl groups is 2. The molecule has 1 aliphatic rings. The molecular formula is C49H76N7O18P3S-4. The van der Waals surface area contributed by atoms with Gasteiger partial charge in [-0.2, -0.15) is 0 Å². The molecule has 2 aromatic heterocycles. The lowest BCUT2D eigenvalue weighted by molar-refractivity contribution is -0.347. The molecule has 0 bridgehead atoms. The zero-order valence-corrected chi connectivity index (χ0v) is 48.0. The highest BCUT2D eigenvalue weighted by molar-refractivity contribution is 8.13. The lowest BCUT2D eigenvalue weighted by Crippen LogP contribution is -2.46. The highest BCUT2D eigenvalue weighted by Gasteiger charge is 2.47. The van der Waals surface area contributed by atoms with Gasteiger partial charge in [0.25, 0.3) is 15.6 Å². The third-order valence-corrected chi connectivity index (χ3v) is 15.8. The third kappa shape index (κ3) is 27.6. The summed E-state index contributed by atoms with van der Waals surface area (Å²) in [4.78, 5) is 109. The van der Waals surface area contributed by atoms with Crippen LogP contribution in [0.3, 0.4) is 0 Å². The number of ether oxygens (including phenoxy) is 1. The lowest BCUT2D eigenvalue weighted by Gasteiger charge is -2.36. The minimum atomic E-state index is -5.94. The quantitative estimate of drug-likeness (QED) is 0.0263. The number of hydrogen-bond acceptors (Lipinski definition) is 23. The van der Waals surface area contributed by atoms with Crippen molar-refractivity contribution < 1.29 is 85.3 Å². The van der Waals surface area contributed by atoms with Gasteiger partial charge in [-0.3, -0.25) is 32.9 Å². The lowest BCUT2D eigenvalue weighted by atomic mass is 9.87. The number of rotatable bonds is 41. The zero-order chi connectivity index (χ0) is 57.6. The predicted octanol–water partition coefficient (Wildman–Crippen LogP) is 4.58. The fourth-order valence-electron chi connectivity index (χ4n) is 7.60. The molecule has 2 amide bonds. The molecule has 2 aromatic rings. The maximum Gasteiger partial charge on any atom is 0.274 e. The zero-order valence-electron chi connectivity index (χ0n) is 44.5. The molecule has 7 atom stereocenters. The van der Waals surface area contributed by atoms with E-state index in [4.69, 9.17) is 10.5 Å². The van der Waals surface area contributed by atoms with Gasteiger partial charge in [0, 0.05) is 37.1 Å². The number of unbranched alkanes of at least 4 members (excludes halogenated alkanes) is 10. The predicted molar refractivity (Wildman–Crippen MR) is 284 cm³/mol. The van der Waals surface area contributed by atoms with Crippen LogP contribution in [0.1, 0.15) is 143 Å². The number of allylic oxidation sites excluding steroid dienone is 8. The Labute approximate surface area is 460 Å². The molecule has 0 saturated carbocycles. The molecule has 2 unspecified atom stereocenters. The van der Waals surface area contributed by atoms with Crippen molar-refractivity contribution in [2.75, 3.05) is 37.8 Å². The van der Waals surface area contributed by atoms with Gasteiger partial charge in [0.2, 0.25) is 11.8 Å². The number of ketones is 1. The fourth-order valence-corrected chi connectivity index (χ4v) is 11.0. The summed E-state index contributed by atoms with van der Waals surface area (Å²) < 4.78 is 60.9. The molecule has 0 aromatic carbocycles. The summed E-state index contributed by atoms with van der Waals surface area (Å²) in [7, 11) is -17.7. The van der Waals surface area contributed by atoms with E-state index in [0.29, 0.717) is 6.42 Å². The van der Waals surface area contributed by atoms with Gasteiger partial charge in [0.1, 0.15) is 42.0 Å². The van der Waals surface area contributed by atoms with Crippen molar-refractivity contribution in [1.29, 1.82) is 0 Å². The molecular weight excluding hydrogens is 1100 g/mol. The molecule has 3 heterocycles. The van der Waals surface area contributed by atoms with E-state index in [1.165, 1.54) is 46.0 Å². The van der Waals surface area contributed by atoms with Crippen LogP contribution in [0, 0.1) is 5.41 Å². The average Bonchev–Trinajstić information content (AvgIpc) is 4.01. The van der Waals surface area contributed by atoms with Crippen LogP contribution in [0.4, 0.5) is 5.82 Å². The molecule has 25 nitrogen and oxygen atoms in total. The summed E-state index contributed by atoms with van der Waals surface area (Å²) in [5, 5.41) is 26.1. The van der Waals surface area contributed by atoms with E-state index in [2.05, 4.69) is 99.0 Å². The molecule has 6 N–H and O–H groups in total. The first-order chi connectivity index (χ1) is 36.9. The summed E-state index contributed by atoms with van der Waals surface area (Å²) in [6, 6.07) is 0. The Morgan fingerprint density at radius 1 is 0.821 bits per heavy atom. The second-order valence-electron chi connectivity index (χ2n) is 19.0. The maximum absolute atomic E-state index is 12.7. The molecule has 0 spiro atoms. The number of nitrogens with zero attached hydrogens (tertiary/aromatic N) is 4. The number of aliphatic hydroxyl groups excluding tert-OH is 2. The first kappa shape index (κ1) is 68.5. The minimum Gasteiger partial charge on any atom is -0.790 e. The number of phosphoric acid groups is 3. The summed E-state index contributed by atoms with van der Waals surface area (Å²) in [6.07, 6.45) is 26.5. The van der Waals surface area contributed by atoms with Crippen LogP contribution in [0.25, 0.3) is 11.2 Å².